The lowest BCUT2D eigenvalue weighted by Gasteiger charge is -2.23. The second-order valence-corrected chi connectivity index (χ2v) is 4.88. The van der Waals surface area contributed by atoms with Crippen molar-refractivity contribution in [1.82, 2.24) is 4.98 Å². The van der Waals surface area contributed by atoms with Crippen LogP contribution in [0.3, 0.4) is 0 Å². The molecule has 0 aliphatic carbocycles. The fraction of sp³-hybridized carbons (Fsp3) is 0.429. The topological polar surface area (TPSA) is 87.6 Å². The summed E-state index contributed by atoms with van der Waals surface area (Å²) in [6.07, 6.45) is 1.30. The Labute approximate surface area is 116 Å². The summed E-state index contributed by atoms with van der Waals surface area (Å²) < 4.78 is 0. The molecule has 1 N–H and O–H groups in total. The second-order valence-electron chi connectivity index (χ2n) is 4.88. The minimum absolute atomic E-state index is 0.0867. The zero-order chi connectivity index (χ0) is 14.9. The van der Waals surface area contributed by atoms with E-state index in [1.807, 2.05) is 13.8 Å². The van der Waals surface area contributed by atoms with Crippen molar-refractivity contribution in [3.8, 4) is 0 Å². The van der Waals surface area contributed by atoms with E-state index in [1.54, 1.807) is 0 Å². The molecule has 1 aromatic rings. The molecule has 2 amide bonds. The quantitative estimate of drug-likeness (QED) is 0.848. The number of anilines is 1. The van der Waals surface area contributed by atoms with E-state index in [2.05, 4.69) is 4.98 Å². The highest BCUT2D eigenvalue weighted by Crippen LogP contribution is 2.40. The highest BCUT2D eigenvalue weighted by Gasteiger charge is 2.50. The van der Waals surface area contributed by atoms with E-state index in [0.717, 1.165) is 4.90 Å². The van der Waals surface area contributed by atoms with Gasteiger partial charge < -0.3 is 5.11 Å². The Morgan fingerprint density at radius 3 is 2.50 bits per heavy atom. The average molecular weight is 276 g/mol. The molecule has 106 valence electrons. The molecule has 2 rings (SSSR count). The summed E-state index contributed by atoms with van der Waals surface area (Å²) in [6.45, 7) is 3.75. The normalized spacial score (nSPS) is 17.6. The molecule has 0 atom stereocenters. The Morgan fingerprint density at radius 1 is 1.35 bits per heavy atom. The summed E-state index contributed by atoms with van der Waals surface area (Å²) in [5.74, 6) is -1.72. The molecule has 1 aromatic heterocycles. The van der Waals surface area contributed by atoms with Gasteiger partial charge in [-0.1, -0.05) is 19.9 Å². The van der Waals surface area contributed by atoms with Crippen molar-refractivity contribution in [1.29, 1.82) is 0 Å². The lowest BCUT2D eigenvalue weighted by Crippen LogP contribution is -2.35. The van der Waals surface area contributed by atoms with Crippen molar-refractivity contribution in [3.05, 3.63) is 23.9 Å². The summed E-state index contributed by atoms with van der Waals surface area (Å²) >= 11 is 0. The molecular weight excluding hydrogens is 260 g/mol. The standard InChI is InChI=1S/C14H16N2O4/c1-3-14(4-2)8-11(17)16(13(14)20)10-7-5-6-9(15-10)12(18)19/h5-7H,3-4,8H2,1-2H3,(H,18,19). The first kappa shape index (κ1) is 14.2. The third-order valence-electron chi connectivity index (χ3n) is 3.93. The molecule has 1 aliphatic heterocycles. The van der Waals surface area contributed by atoms with Gasteiger partial charge in [0, 0.05) is 6.42 Å². The number of carboxylic acid groups (broad SMARTS) is 1. The SMILES string of the molecule is CCC1(CC)CC(=O)N(c2cccc(C(=O)O)n2)C1=O. The number of carboxylic acids is 1. The van der Waals surface area contributed by atoms with Crippen molar-refractivity contribution >= 4 is 23.6 Å². The van der Waals surface area contributed by atoms with Crippen LogP contribution in [0.2, 0.25) is 0 Å². The lowest BCUT2D eigenvalue weighted by molar-refractivity contribution is -0.126. The molecule has 0 unspecified atom stereocenters. The van der Waals surface area contributed by atoms with Gasteiger partial charge in [0.1, 0.15) is 5.82 Å². The predicted octanol–water partition coefficient (Wildman–Crippen LogP) is 1.85. The van der Waals surface area contributed by atoms with Gasteiger partial charge in [0.25, 0.3) is 0 Å². The molecule has 0 aromatic carbocycles. The monoisotopic (exact) mass is 276 g/mol. The molecule has 6 nitrogen and oxygen atoms in total. The first-order valence-electron chi connectivity index (χ1n) is 6.53. The molecule has 1 saturated heterocycles. The molecule has 1 aliphatic rings. The highest BCUT2D eigenvalue weighted by molar-refractivity contribution is 6.22. The maximum atomic E-state index is 12.5. The lowest BCUT2D eigenvalue weighted by atomic mass is 9.81. The Balaban J connectivity index is 2.43. The van der Waals surface area contributed by atoms with Crippen LogP contribution in [0.5, 0.6) is 0 Å². The van der Waals surface area contributed by atoms with Crippen LogP contribution in [-0.2, 0) is 9.59 Å². The number of hydrogen-bond donors (Lipinski definition) is 1. The summed E-state index contributed by atoms with van der Waals surface area (Å²) in [4.78, 5) is 40.4. The maximum Gasteiger partial charge on any atom is 0.354 e. The Morgan fingerprint density at radius 2 is 2.00 bits per heavy atom. The van der Waals surface area contributed by atoms with E-state index >= 15 is 0 Å². The number of carbonyl (C=O) groups is 3. The molecule has 0 bridgehead atoms. The Bertz CT molecular complexity index is 578. The number of carbonyl (C=O) groups excluding carboxylic acids is 2. The third kappa shape index (κ3) is 2.07. The van der Waals surface area contributed by atoms with Crippen LogP contribution in [-0.4, -0.2) is 27.9 Å². The summed E-state index contributed by atoms with van der Waals surface area (Å²) in [6, 6.07) is 4.28. The average Bonchev–Trinajstić information content (AvgIpc) is 2.70. The van der Waals surface area contributed by atoms with Crippen molar-refractivity contribution in [2.24, 2.45) is 5.41 Å². The fourth-order valence-corrected chi connectivity index (χ4v) is 2.50. The summed E-state index contributed by atoms with van der Waals surface area (Å²) in [7, 11) is 0. The smallest absolute Gasteiger partial charge is 0.354 e. The molecule has 0 radical (unpaired) electrons. The van der Waals surface area contributed by atoms with Crippen LogP contribution in [0.25, 0.3) is 0 Å². The number of amides is 2. The first-order chi connectivity index (χ1) is 9.45. The van der Waals surface area contributed by atoms with E-state index in [9.17, 15) is 14.4 Å². The van der Waals surface area contributed by atoms with Crippen molar-refractivity contribution in [2.75, 3.05) is 4.90 Å². The number of pyridine rings is 1. The van der Waals surface area contributed by atoms with E-state index in [0.29, 0.717) is 12.8 Å². The zero-order valence-electron chi connectivity index (χ0n) is 11.4. The number of aromatic nitrogens is 1. The Kier molecular flexibility index (Phi) is 3.57. The maximum absolute atomic E-state index is 12.5. The molecule has 6 heteroatoms. The van der Waals surface area contributed by atoms with Gasteiger partial charge in [-0.2, -0.15) is 0 Å². The van der Waals surface area contributed by atoms with Crippen LogP contribution < -0.4 is 4.90 Å². The second kappa shape index (κ2) is 5.03. The molecule has 20 heavy (non-hydrogen) atoms. The number of aromatic carboxylic acids is 1. The third-order valence-corrected chi connectivity index (χ3v) is 3.93. The molecular formula is C14H16N2O4. The van der Waals surface area contributed by atoms with Crippen molar-refractivity contribution in [2.45, 2.75) is 33.1 Å². The summed E-state index contributed by atoms with van der Waals surface area (Å²) in [5.41, 5.74) is -0.869. The molecule has 2 heterocycles. The van der Waals surface area contributed by atoms with Gasteiger partial charge in [0.05, 0.1) is 5.41 Å². The molecule has 0 spiro atoms. The number of hydrogen-bond acceptors (Lipinski definition) is 4. The van der Waals surface area contributed by atoms with Crippen LogP contribution in [0.1, 0.15) is 43.6 Å². The first-order valence-corrected chi connectivity index (χ1v) is 6.53. The van der Waals surface area contributed by atoms with Gasteiger partial charge in [0.15, 0.2) is 5.69 Å². The van der Waals surface area contributed by atoms with Crippen LogP contribution in [0.4, 0.5) is 5.82 Å². The van der Waals surface area contributed by atoms with Crippen molar-refractivity contribution < 1.29 is 19.5 Å². The minimum Gasteiger partial charge on any atom is -0.477 e. The number of rotatable bonds is 4. The zero-order valence-corrected chi connectivity index (χ0v) is 11.4. The Hall–Kier alpha value is -2.24. The fourth-order valence-electron chi connectivity index (χ4n) is 2.50. The number of nitrogens with zero attached hydrogens (tertiary/aromatic N) is 2. The van der Waals surface area contributed by atoms with Gasteiger partial charge in [-0.3, -0.25) is 9.59 Å². The minimum atomic E-state index is -1.19. The van der Waals surface area contributed by atoms with Crippen LogP contribution >= 0.6 is 0 Å². The van der Waals surface area contributed by atoms with Gasteiger partial charge >= 0.3 is 5.97 Å². The van der Waals surface area contributed by atoms with E-state index < -0.39 is 11.4 Å². The summed E-state index contributed by atoms with van der Waals surface area (Å²) in [5, 5.41) is 8.93. The van der Waals surface area contributed by atoms with E-state index in [-0.39, 0.29) is 29.7 Å². The molecule has 0 saturated carbocycles. The van der Waals surface area contributed by atoms with Gasteiger partial charge in [0.2, 0.25) is 11.8 Å². The van der Waals surface area contributed by atoms with Crippen LogP contribution in [0, 0.1) is 5.41 Å². The van der Waals surface area contributed by atoms with Crippen molar-refractivity contribution in [3.63, 3.8) is 0 Å². The highest BCUT2D eigenvalue weighted by atomic mass is 16.4. The van der Waals surface area contributed by atoms with Crippen LogP contribution in [0.15, 0.2) is 18.2 Å². The molecule has 1 fully saturated rings. The predicted molar refractivity (Wildman–Crippen MR) is 71.3 cm³/mol. The van der Waals surface area contributed by atoms with Gasteiger partial charge in [-0.25, -0.2) is 14.7 Å². The largest absolute Gasteiger partial charge is 0.477 e. The number of imide groups is 1. The van der Waals surface area contributed by atoms with Gasteiger partial charge in [-0.15, -0.1) is 0 Å². The van der Waals surface area contributed by atoms with Gasteiger partial charge in [-0.05, 0) is 25.0 Å². The van der Waals surface area contributed by atoms with E-state index in [4.69, 9.17) is 5.11 Å². The van der Waals surface area contributed by atoms with E-state index in [1.165, 1.54) is 18.2 Å².